The number of carbonyl (C=O) groups excluding carboxylic acids is 2. The summed E-state index contributed by atoms with van der Waals surface area (Å²) in [4.78, 5) is 23.6. The average molecular weight is 340 g/mol. The highest BCUT2D eigenvalue weighted by Gasteiger charge is 2.18. The van der Waals surface area contributed by atoms with Gasteiger partial charge in [-0.05, 0) is 44.5 Å². The van der Waals surface area contributed by atoms with Crippen molar-refractivity contribution in [3.63, 3.8) is 0 Å². The lowest BCUT2D eigenvalue weighted by Gasteiger charge is -2.15. The minimum absolute atomic E-state index is 0.0574. The van der Waals surface area contributed by atoms with Gasteiger partial charge in [-0.15, -0.1) is 0 Å². The van der Waals surface area contributed by atoms with Crippen LogP contribution in [0.15, 0.2) is 36.9 Å². The van der Waals surface area contributed by atoms with Gasteiger partial charge in [-0.25, -0.2) is 0 Å². The van der Waals surface area contributed by atoms with Gasteiger partial charge in [0.2, 0.25) is 11.8 Å². The number of anilines is 1. The lowest BCUT2D eigenvalue weighted by molar-refractivity contribution is -0.121. The van der Waals surface area contributed by atoms with Gasteiger partial charge in [0.25, 0.3) is 0 Å². The van der Waals surface area contributed by atoms with Crippen molar-refractivity contribution in [1.82, 2.24) is 15.1 Å². The van der Waals surface area contributed by atoms with E-state index in [1.165, 1.54) is 6.08 Å². The van der Waals surface area contributed by atoms with Gasteiger partial charge in [-0.2, -0.15) is 5.10 Å². The predicted molar refractivity (Wildman–Crippen MR) is 98.2 cm³/mol. The smallest absolute Gasteiger partial charge is 0.247 e. The fourth-order valence-corrected chi connectivity index (χ4v) is 2.87. The molecule has 2 amide bonds. The maximum absolute atomic E-state index is 12.3. The van der Waals surface area contributed by atoms with Crippen LogP contribution in [0.1, 0.15) is 35.5 Å². The molecule has 0 aliphatic carbocycles. The van der Waals surface area contributed by atoms with Gasteiger partial charge in [-0.1, -0.05) is 18.7 Å². The first-order chi connectivity index (χ1) is 11.8. The molecule has 1 unspecified atom stereocenters. The number of rotatable bonds is 6. The molecule has 0 bridgehead atoms. The summed E-state index contributed by atoms with van der Waals surface area (Å²) in [5.74, 6) is -0.320. The maximum atomic E-state index is 12.3. The second-order valence-corrected chi connectivity index (χ2v) is 6.06. The zero-order chi connectivity index (χ0) is 18.6. The van der Waals surface area contributed by atoms with Gasteiger partial charge in [0.1, 0.15) is 0 Å². The summed E-state index contributed by atoms with van der Waals surface area (Å²) in [6, 6.07) is 7.08. The van der Waals surface area contributed by atoms with Crippen LogP contribution in [0, 0.1) is 13.8 Å². The number of carbonyl (C=O) groups is 2. The number of nitrogens with zero attached hydrogens (tertiary/aromatic N) is 2. The lowest BCUT2D eigenvalue weighted by Crippen LogP contribution is -2.28. The van der Waals surface area contributed by atoms with Crippen LogP contribution in [0.4, 0.5) is 5.69 Å². The van der Waals surface area contributed by atoms with Gasteiger partial charge in [0.15, 0.2) is 0 Å². The third-order valence-electron chi connectivity index (χ3n) is 4.15. The molecule has 0 fully saturated rings. The number of hydrogen-bond donors (Lipinski definition) is 2. The third kappa shape index (κ3) is 4.56. The molecule has 25 heavy (non-hydrogen) atoms. The van der Waals surface area contributed by atoms with E-state index in [2.05, 4.69) is 22.3 Å². The van der Waals surface area contributed by atoms with E-state index in [4.69, 9.17) is 0 Å². The van der Waals surface area contributed by atoms with Crippen molar-refractivity contribution in [2.75, 3.05) is 5.32 Å². The van der Waals surface area contributed by atoms with Crippen molar-refractivity contribution in [2.45, 2.75) is 33.2 Å². The Bertz CT molecular complexity index is 791. The first-order valence-corrected chi connectivity index (χ1v) is 8.13. The summed E-state index contributed by atoms with van der Waals surface area (Å²) in [7, 11) is 1.90. The maximum Gasteiger partial charge on any atom is 0.247 e. The van der Waals surface area contributed by atoms with Crippen LogP contribution >= 0.6 is 0 Å². The lowest BCUT2D eigenvalue weighted by atomic mass is 10.1. The summed E-state index contributed by atoms with van der Waals surface area (Å²) in [6.45, 7) is 9.31. The van der Waals surface area contributed by atoms with E-state index >= 15 is 0 Å². The van der Waals surface area contributed by atoms with Gasteiger partial charge < -0.3 is 10.6 Å². The SMILES string of the molecule is C=CC(=O)Nc1ccc(CC(=O)NC(C)c2c(C)nn(C)c2C)cc1. The van der Waals surface area contributed by atoms with Gasteiger partial charge in [-0.3, -0.25) is 14.3 Å². The first-order valence-electron chi connectivity index (χ1n) is 8.13. The fraction of sp³-hybridized carbons (Fsp3) is 0.316. The summed E-state index contributed by atoms with van der Waals surface area (Å²) in [5.41, 5.74) is 4.58. The van der Waals surface area contributed by atoms with Gasteiger partial charge in [0, 0.05) is 24.0 Å². The third-order valence-corrected chi connectivity index (χ3v) is 4.15. The van der Waals surface area contributed by atoms with E-state index in [9.17, 15) is 9.59 Å². The molecule has 1 heterocycles. The molecular formula is C19H24N4O2. The van der Waals surface area contributed by atoms with E-state index in [-0.39, 0.29) is 24.3 Å². The van der Waals surface area contributed by atoms with Crippen molar-refractivity contribution in [3.8, 4) is 0 Å². The number of aryl methyl sites for hydroxylation is 2. The molecule has 0 spiro atoms. The highest BCUT2D eigenvalue weighted by atomic mass is 16.2. The first kappa shape index (κ1) is 18.4. The van der Waals surface area contributed by atoms with Crippen LogP contribution in [0.2, 0.25) is 0 Å². The van der Waals surface area contributed by atoms with E-state index in [0.717, 1.165) is 22.5 Å². The van der Waals surface area contributed by atoms with Crippen LogP contribution < -0.4 is 10.6 Å². The Balaban J connectivity index is 1.97. The van der Waals surface area contributed by atoms with Crippen molar-refractivity contribution < 1.29 is 9.59 Å². The van der Waals surface area contributed by atoms with Gasteiger partial charge in [0.05, 0.1) is 18.2 Å². The summed E-state index contributed by atoms with van der Waals surface area (Å²) in [6.07, 6.45) is 1.49. The highest BCUT2D eigenvalue weighted by Crippen LogP contribution is 2.20. The molecule has 0 aliphatic rings. The summed E-state index contributed by atoms with van der Waals surface area (Å²) >= 11 is 0. The van der Waals surface area contributed by atoms with Crippen LogP contribution in [-0.2, 0) is 23.1 Å². The number of amides is 2. The molecule has 0 saturated carbocycles. The molecule has 2 N–H and O–H groups in total. The van der Waals surface area contributed by atoms with Crippen molar-refractivity contribution in [2.24, 2.45) is 7.05 Å². The van der Waals surface area contributed by atoms with E-state index in [1.54, 1.807) is 12.1 Å². The number of benzene rings is 1. The van der Waals surface area contributed by atoms with Crippen molar-refractivity contribution in [1.29, 1.82) is 0 Å². The molecule has 2 aromatic rings. The Morgan fingerprint density at radius 1 is 1.28 bits per heavy atom. The Kier molecular flexibility index (Phi) is 5.75. The molecule has 1 aromatic carbocycles. The second-order valence-electron chi connectivity index (χ2n) is 6.06. The van der Waals surface area contributed by atoms with E-state index in [0.29, 0.717) is 5.69 Å². The van der Waals surface area contributed by atoms with E-state index < -0.39 is 0 Å². The second kappa shape index (κ2) is 7.79. The van der Waals surface area contributed by atoms with Crippen LogP contribution in [0.3, 0.4) is 0 Å². The Labute approximate surface area is 147 Å². The predicted octanol–water partition coefficient (Wildman–Crippen LogP) is 2.58. The quantitative estimate of drug-likeness (QED) is 0.794. The zero-order valence-electron chi connectivity index (χ0n) is 15.1. The Hall–Kier alpha value is -2.89. The Morgan fingerprint density at radius 2 is 1.92 bits per heavy atom. The molecule has 2 rings (SSSR count). The highest BCUT2D eigenvalue weighted by molar-refractivity contribution is 5.98. The largest absolute Gasteiger partial charge is 0.349 e. The molecular weight excluding hydrogens is 316 g/mol. The minimum atomic E-state index is -0.262. The van der Waals surface area contributed by atoms with Crippen molar-refractivity contribution in [3.05, 3.63) is 59.4 Å². The molecule has 0 radical (unpaired) electrons. The standard InChI is InChI=1S/C19H24N4O2/c1-6-17(24)21-16-9-7-15(8-10-16)11-18(25)20-12(2)19-13(3)22-23(5)14(19)4/h6-10,12H,1,11H2,2-5H3,(H,20,25)(H,21,24). The molecule has 1 atom stereocenters. The van der Waals surface area contributed by atoms with Crippen LogP contribution in [-0.4, -0.2) is 21.6 Å². The number of hydrogen-bond acceptors (Lipinski definition) is 3. The molecule has 0 saturated heterocycles. The fourth-order valence-electron chi connectivity index (χ4n) is 2.87. The topological polar surface area (TPSA) is 76.0 Å². The summed E-state index contributed by atoms with van der Waals surface area (Å²) < 4.78 is 1.82. The zero-order valence-corrected chi connectivity index (χ0v) is 15.1. The number of nitrogens with one attached hydrogen (secondary N) is 2. The van der Waals surface area contributed by atoms with Crippen molar-refractivity contribution >= 4 is 17.5 Å². The molecule has 6 heteroatoms. The van der Waals surface area contributed by atoms with Crippen LogP contribution in [0.5, 0.6) is 0 Å². The molecule has 1 aromatic heterocycles. The summed E-state index contributed by atoms with van der Waals surface area (Å²) in [5, 5.41) is 10.1. The molecule has 6 nitrogen and oxygen atoms in total. The molecule has 0 aliphatic heterocycles. The van der Waals surface area contributed by atoms with Gasteiger partial charge >= 0.3 is 0 Å². The average Bonchev–Trinajstić information content (AvgIpc) is 2.81. The van der Waals surface area contributed by atoms with Crippen LogP contribution in [0.25, 0.3) is 0 Å². The number of aromatic nitrogens is 2. The Morgan fingerprint density at radius 3 is 2.44 bits per heavy atom. The minimum Gasteiger partial charge on any atom is -0.349 e. The van der Waals surface area contributed by atoms with E-state index in [1.807, 2.05) is 44.6 Å². The normalized spacial score (nSPS) is 11.7. The molecule has 132 valence electrons. The monoisotopic (exact) mass is 340 g/mol.